The third-order valence-corrected chi connectivity index (χ3v) is 5.77. The maximum absolute atomic E-state index is 6.09. The number of rotatable bonds is 8. The quantitative estimate of drug-likeness (QED) is 0.348. The lowest BCUT2D eigenvalue weighted by Gasteiger charge is -2.16. The summed E-state index contributed by atoms with van der Waals surface area (Å²) in [7, 11) is 0. The molecule has 0 unspecified atom stereocenters. The summed E-state index contributed by atoms with van der Waals surface area (Å²) in [5, 5.41) is 4.41. The summed E-state index contributed by atoms with van der Waals surface area (Å²) in [4.78, 5) is 0. The van der Waals surface area contributed by atoms with Gasteiger partial charge < -0.3 is 14.8 Å². The van der Waals surface area contributed by atoms with Gasteiger partial charge in [-0.2, -0.15) is 0 Å². The van der Waals surface area contributed by atoms with Gasteiger partial charge in [0.25, 0.3) is 0 Å². The summed E-state index contributed by atoms with van der Waals surface area (Å²) in [6, 6.07) is 17.7. The molecule has 0 atom stereocenters. The van der Waals surface area contributed by atoms with E-state index in [1.54, 1.807) is 12.1 Å². The van der Waals surface area contributed by atoms with Gasteiger partial charge >= 0.3 is 0 Å². The van der Waals surface area contributed by atoms with Crippen molar-refractivity contribution in [1.82, 2.24) is 0 Å². The van der Waals surface area contributed by atoms with Gasteiger partial charge in [-0.25, -0.2) is 0 Å². The summed E-state index contributed by atoms with van der Waals surface area (Å²) < 4.78 is 12.8. The number of hydrogen-bond donors (Lipinski definition) is 1. The minimum atomic E-state index is 0.481. The van der Waals surface area contributed by atoms with E-state index < -0.39 is 0 Å². The molecule has 6 heteroatoms. The Morgan fingerprint density at radius 1 is 0.931 bits per heavy atom. The minimum Gasteiger partial charge on any atom is -0.490 e. The molecule has 0 aliphatic heterocycles. The lowest BCUT2D eigenvalue weighted by Crippen LogP contribution is -2.04. The van der Waals surface area contributed by atoms with Gasteiger partial charge in [-0.3, -0.25) is 0 Å². The van der Waals surface area contributed by atoms with Crippen LogP contribution >= 0.6 is 39.1 Å². The van der Waals surface area contributed by atoms with Crippen LogP contribution in [0, 0.1) is 6.92 Å². The smallest absolute Gasteiger partial charge is 0.162 e. The van der Waals surface area contributed by atoms with E-state index in [1.165, 1.54) is 5.56 Å². The van der Waals surface area contributed by atoms with E-state index in [0.29, 0.717) is 41.3 Å². The first-order valence-electron chi connectivity index (χ1n) is 9.28. The van der Waals surface area contributed by atoms with Gasteiger partial charge in [0.15, 0.2) is 11.5 Å². The highest BCUT2D eigenvalue weighted by atomic mass is 79.9. The Kier molecular flexibility index (Phi) is 7.70. The van der Waals surface area contributed by atoms with Crippen molar-refractivity contribution in [3.8, 4) is 11.5 Å². The molecule has 3 rings (SSSR count). The summed E-state index contributed by atoms with van der Waals surface area (Å²) in [6.45, 7) is 5.66. The van der Waals surface area contributed by atoms with Crippen molar-refractivity contribution < 1.29 is 9.47 Å². The third-order valence-electron chi connectivity index (χ3n) is 4.29. The molecule has 0 aliphatic rings. The van der Waals surface area contributed by atoms with Crippen LogP contribution in [0.15, 0.2) is 59.1 Å². The van der Waals surface area contributed by atoms with Gasteiger partial charge in [0.2, 0.25) is 0 Å². The van der Waals surface area contributed by atoms with E-state index in [-0.39, 0.29) is 0 Å². The molecule has 0 saturated heterocycles. The Balaban J connectivity index is 1.75. The molecular formula is C23H22BrCl2NO2. The standard InChI is InChI=1S/C23H22BrCl2NO2/c1-3-28-22-10-17(13-27-18-7-8-20(25)21(26)11-18)19(24)12-23(22)29-14-16-6-4-5-15(2)9-16/h4-12,27H,3,13-14H2,1-2H3. The second-order valence-corrected chi connectivity index (χ2v) is 8.25. The number of benzene rings is 3. The highest BCUT2D eigenvalue weighted by Crippen LogP contribution is 2.35. The van der Waals surface area contributed by atoms with Crippen LogP contribution in [-0.4, -0.2) is 6.61 Å². The summed E-state index contributed by atoms with van der Waals surface area (Å²) in [6.07, 6.45) is 0. The van der Waals surface area contributed by atoms with Crippen LogP contribution < -0.4 is 14.8 Å². The summed E-state index contributed by atoms with van der Waals surface area (Å²) in [5.74, 6) is 1.42. The van der Waals surface area contributed by atoms with Gasteiger partial charge in [-0.05, 0) is 55.3 Å². The van der Waals surface area contributed by atoms with Crippen molar-refractivity contribution in [2.24, 2.45) is 0 Å². The molecule has 0 fully saturated rings. The Morgan fingerprint density at radius 3 is 2.45 bits per heavy atom. The van der Waals surface area contributed by atoms with Crippen LogP contribution in [0.2, 0.25) is 10.0 Å². The topological polar surface area (TPSA) is 30.5 Å². The van der Waals surface area contributed by atoms with E-state index in [2.05, 4.69) is 46.4 Å². The molecule has 29 heavy (non-hydrogen) atoms. The van der Waals surface area contributed by atoms with Crippen molar-refractivity contribution in [3.05, 3.63) is 85.8 Å². The fraction of sp³-hybridized carbons (Fsp3) is 0.217. The zero-order chi connectivity index (χ0) is 20.8. The first-order chi connectivity index (χ1) is 14.0. The molecule has 0 heterocycles. The zero-order valence-corrected chi connectivity index (χ0v) is 19.4. The van der Waals surface area contributed by atoms with E-state index in [4.69, 9.17) is 32.7 Å². The first kappa shape index (κ1) is 21.8. The predicted molar refractivity (Wildman–Crippen MR) is 125 cm³/mol. The molecule has 152 valence electrons. The highest BCUT2D eigenvalue weighted by Gasteiger charge is 2.12. The number of aryl methyl sites for hydroxylation is 1. The molecule has 0 aromatic heterocycles. The molecule has 0 bridgehead atoms. The van der Waals surface area contributed by atoms with Gasteiger partial charge in [0, 0.05) is 16.7 Å². The lowest BCUT2D eigenvalue weighted by atomic mass is 10.1. The zero-order valence-electron chi connectivity index (χ0n) is 16.3. The molecule has 0 spiro atoms. The van der Waals surface area contributed by atoms with Crippen molar-refractivity contribution >= 4 is 44.8 Å². The van der Waals surface area contributed by atoms with Crippen LogP contribution in [-0.2, 0) is 13.2 Å². The second kappa shape index (κ2) is 10.2. The van der Waals surface area contributed by atoms with Gasteiger partial charge in [-0.1, -0.05) is 69.0 Å². The average Bonchev–Trinajstić information content (AvgIpc) is 2.69. The first-order valence-corrected chi connectivity index (χ1v) is 10.8. The third kappa shape index (κ3) is 6.05. The van der Waals surface area contributed by atoms with Crippen LogP contribution in [0.4, 0.5) is 5.69 Å². The Hall–Kier alpha value is -1.88. The van der Waals surface area contributed by atoms with Gasteiger partial charge in [0.05, 0.1) is 16.7 Å². The van der Waals surface area contributed by atoms with E-state index in [1.807, 2.05) is 31.2 Å². The van der Waals surface area contributed by atoms with Crippen molar-refractivity contribution in [3.63, 3.8) is 0 Å². The van der Waals surface area contributed by atoms with E-state index >= 15 is 0 Å². The fourth-order valence-corrected chi connectivity index (χ4v) is 3.62. The van der Waals surface area contributed by atoms with E-state index in [9.17, 15) is 0 Å². The molecule has 1 N–H and O–H groups in total. The molecule has 0 saturated carbocycles. The molecule has 3 aromatic rings. The highest BCUT2D eigenvalue weighted by molar-refractivity contribution is 9.10. The maximum Gasteiger partial charge on any atom is 0.162 e. The van der Waals surface area contributed by atoms with Crippen LogP contribution in [0.1, 0.15) is 23.6 Å². The monoisotopic (exact) mass is 493 g/mol. The fourth-order valence-electron chi connectivity index (χ4n) is 2.86. The number of hydrogen-bond acceptors (Lipinski definition) is 3. The average molecular weight is 495 g/mol. The lowest BCUT2D eigenvalue weighted by molar-refractivity contribution is 0.269. The van der Waals surface area contributed by atoms with E-state index in [0.717, 1.165) is 21.3 Å². The number of nitrogens with one attached hydrogen (secondary N) is 1. The van der Waals surface area contributed by atoms with Crippen LogP contribution in [0.5, 0.6) is 11.5 Å². The van der Waals surface area contributed by atoms with Crippen molar-refractivity contribution in [2.45, 2.75) is 27.0 Å². The normalized spacial score (nSPS) is 10.7. The van der Waals surface area contributed by atoms with Gasteiger partial charge in [-0.15, -0.1) is 0 Å². The molecule has 0 aliphatic carbocycles. The Labute approximate surface area is 190 Å². The Bertz CT molecular complexity index is 995. The molecule has 0 amide bonds. The molecule has 0 radical (unpaired) electrons. The summed E-state index contributed by atoms with van der Waals surface area (Å²) >= 11 is 15.7. The maximum atomic E-state index is 6.09. The molecule has 3 aromatic carbocycles. The minimum absolute atomic E-state index is 0.481. The van der Waals surface area contributed by atoms with Crippen molar-refractivity contribution in [1.29, 1.82) is 0 Å². The Morgan fingerprint density at radius 2 is 1.72 bits per heavy atom. The molecular weight excluding hydrogens is 473 g/mol. The SMILES string of the molecule is CCOc1cc(CNc2ccc(Cl)c(Cl)c2)c(Br)cc1OCc1cccc(C)c1. The predicted octanol–water partition coefficient (Wildman–Crippen LogP) is 7.65. The van der Waals surface area contributed by atoms with Gasteiger partial charge in [0.1, 0.15) is 6.61 Å². The summed E-state index contributed by atoms with van der Waals surface area (Å²) in [5.41, 5.74) is 4.27. The largest absolute Gasteiger partial charge is 0.490 e. The second-order valence-electron chi connectivity index (χ2n) is 6.58. The number of ether oxygens (including phenoxy) is 2. The number of halogens is 3. The van der Waals surface area contributed by atoms with Crippen molar-refractivity contribution in [2.75, 3.05) is 11.9 Å². The number of anilines is 1. The molecule has 3 nitrogen and oxygen atoms in total. The van der Waals surface area contributed by atoms with Crippen LogP contribution in [0.25, 0.3) is 0 Å². The van der Waals surface area contributed by atoms with Crippen LogP contribution in [0.3, 0.4) is 0 Å².